The average molecular weight is 780 g/mol. The van der Waals surface area contributed by atoms with E-state index in [4.69, 9.17) is 5.11 Å². The van der Waals surface area contributed by atoms with E-state index in [1.165, 1.54) is 19.8 Å². The molecule has 300 valence electrons. The van der Waals surface area contributed by atoms with Gasteiger partial charge >= 0.3 is 18.0 Å². The Hall–Kier alpha value is -6.84. The number of nitrogens with zero attached hydrogens (tertiary/aromatic N) is 5. The largest absolute Gasteiger partial charge is 0.481 e. The van der Waals surface area contributed by atoms with Gasteiger partial charge in [0.1, 0.15) is 0 Å². The third-order valence-corrected chi connectivity index (χ3v) is 8.60. The van der Waals surface area contributed by atoms with E-state index in [0.717, 1.165) is 52.1 Å². The van der Waals surface area contributed by atoms with Crippen molar-refractivity contribution < 1.29 is 33.8 Å². The van der Waals surface area contributed by atoms with Gasteiger partial charge in [0.2, 0.25) is 5.91 Å². The van der Waals surface area contributed by atoms with E-state index < -0.39 is 12.1 Å². The summed E-state index contributed by atoms with van der Waals surface area (Å²) in [6, 6.07) is 23.4. The molecule has 6 rings (SSSR count). The number of anilines is 2. The van der Waals surface area contributed by atoms with Gasteiger partial charge in [0.25, 0.3) is 0 Å². The quantitative estimate of drug-likeness (QED) is 0.0606. The van der Waals surface area contributed by atoms with E-state index in [2.05, 4.69) is 69.5 Å². The highest BCUT2D eigenvalue weighted by Gasteiger charge is 2.17. The van der Waals surface area contributed by atoms with E-state index in [1.54, 1.807) is 17.3 Å². The van der Waals surface area contributed by atoms with Crippen LogP contribution in [0.3, 0.4) is 0 Å². The number of methoxy groups -OCH3 is 2. The molecule has 4 aromatic heterocycles. The lowest BCUT2D eigenvalue weighted by Crippen LogP contribution is -2.38. The Labute approximate surface area is 330 Å². The molecule has 0 aliphatic carbocycles. The van der Waals surface area contributed by atoms with Gasteiger partial charge in [-0.2, -0.15) is 10.2 Å². The Kier molecular flexibility index (Phi) is 16.9. The molecule has 16 nitrogen and oxygen atoms in total. The molecule has 0 fully saturated rings. The van der Waals surface area contributed by atoms with Crippen molar-refractivity contribution in [2.45, 2.75) is 52.4 Å². The summed E-state index contributed by atoms with van der Waals surface area (Å²) in [5.41, 5.74) is 7.22. The zero-order valence-corrected chi connectivity index (χ0v) is 32.6. The summed E-state index contributed by atoms with van der Waals surface area (Å²) < 4.78 is 9.13. The fraction of sp³-hybridized carbons (Fsp3) is 0.317. The second kappa shape index (κ2) is 22.5. The molecule has 0 unspecified atom stereocenters. The molecular formula is C41H49N9O7. The molecule has 2 amide bonds. The number of carboxylic acid groups (broad SMARTS) is 1. The molecule has 0 bridgehead atoms. The number of nitrogens with one attached hydrogen (secondary N) is 4. The van der Waals surface area contributed by atoms with Crippen molar-refractivity contribution in [3.05, 3.63) is 108 Å². The Morgan fingerprint density at radius 1 is 0.719 bits per heavy atom. The molecule has 6 aromatic rings. The number of alkyl carbamates (subject to hydrolysis) is 1. The molecule has 2 aromatic carbocycles. The van der Waals surface area contributed by atoms with Gasteiger partial charge in [0.15, 0.2) is 11.3 Å². The van der Waals surface area contributed by atoms with Crippen molar-refractivity contribution in [2.24, 2.45) is 0 Å². The van der Waals surface area contributed by atoms with Gasteiger partial charge in [-0.25, -0.2) is 14.8 Å². The number of benzene rings is 2. The number of hydrogen-bond donors (Lipinski definition) is 5. The third-order valence-electron chi connectivity index (χ3n) is 8.60. The molecular weight excluding hydrogens is 731 g/mol. The van der Waals surface area contributed by atoms with Gasteiger partial charge in [-0.3, -0.25) is 24.6 Å². The number of aromatic nitrogens is 6. The van der Waals surface area contributed by atoms with Crippen molar-refractivity contribution in [3.8, 4) is 0 Å². The molecule has 16 heteroatoms. The van der Waals surface area contributed by atoms with Crippen LogP contribution < -0.4 is 15.5 Å². The van der Waals surface area contributed by atoms with Gasteiger partial charge < -0.3 is 30.1 Å². The van der Waals surface area contributed by atoms with Crippen molar-refractivity contribution >= 4 is 57.4 Å². The van der Waals surface area contributed by atoms with Crippen LogP contribution in [0.15, 0.2) is 85.2 Å². The topological polar surface area (TPSA) is 217 Å². The fourth-order valence-corrected chi connectivity index (χ4v) is 5.49. The molecule has 57 heavy (non-hydrogen) atoms. The van der Waals surface area contributed by atoms with Crippen LogP contribution in [0.25, 0.3) is 22.1 Å². The summed E-state index contributed by atoms with van der Waals surface area (Å²) in [5.74, 6) is -1.00. The molecule has 0 spiro atoms. The minimum Gasteiger partial charge on any atom is -0.481 e. The second-order valence-electron chi connectivity index (χ2n) is 12.8. The number of carbonyl (C=O) groups is 4. The van der Waals surface area contributed by atoms with Crippen LogP contribution in [0.5, 0.6) is 0 Å². The standard InChI is InChI=1S/C20H23N5O3.C12H17NO2.C9H9N3O2/c1-14-5-7-15(8-6-14)25(13-12-22-20(27)28-2)18(26)10-9-17-16-4-3-11-21-19(16)24-23-17;1-10-5-7-11(8-6-10)13-9-3-4-12(14)15-2;13-8(14)4-3-7-6-2-1-5-10-9(6)12-11-7/h3-8,11H,9-10,12-13H2,1-2H3,(H,22,27)(H,21,23,24);5-8,13H,3-4,9H2,1-2H3;1-2,5H,3-4H2,(H,13,14)(H,10,11,12). The first-order valence-electron chi connectivity index (χ1n) is 18.4. The van der Waals surface area contributed by atoms with E-state index in [1.807, 2.05) is 67.6 Å². The van der Waals surface area contributed by atoms with Crippen molar-refractivity contribution in [1.29, 1.82) is 0 Å². The maximum absolute atomic E-state index is 12.9. The monoisotopic (exact) mass is 779 g/mol. The summed E-state index contributed by atoms with van der Waals surface area (Å²) in [6.07, 6.45) is 5.47. The number of fused-ring (bicyclic) bond motifs is 2. The lowest BCUT2D eigenvalue weighted by molar-refractivity contribution is -0.140. The minimum atomic E-state index is -0.809. The number of aromatic amines is 2. The minimum absolute atomic E-state index is 0.0397. The summed E-state index contributed by atoms with van der Waals surface area (Å²) in [4.78, 5) is 55.3. The fourth-order valence-electron chi connectivity index (χ4n) is 5.49. The van der Waals surface area contributed by atoms with Gasteiger partial charge in [-0.1, -0.05) is 35.4 Å². The number of aryl methyl sites for hydroxylation is 4. The molecule has 0 aliphatic heterocycles. The molecule has 5 N–H and O–H groups in total. The van der Waals surface area contributed by atoms with E-state index in [9.17, 15) is 19.2 Å². The van der Waals surface area contributed by atoms with Crippen LogP contribution in [0.4, 0.5) is 16.2 Å². The van der Waals surface area contributed by atoms with Crippen LogP contribution in [-0.4, -0.2) is 93.3 Å². The zero-order valence-electron chi connectivity index (χ0n) is 32.6. The zero-order chi connectivity index (χ0) is 41.0. The maximum Gasteiger partial charge on any atom is 0.406 e. The summed E-state index contributed by atoms with van der Waals surface area (Å²) in [5, 5.41) is 30.1. The molecule has 0 aliphatic rings. The van der Waals surface area contributed by atoms with E-state index >= 15 is 0 Å². The van der Waals surface area contributed by atoms with Gasteiger partial charge in [0.05, 0.1) is 20.6 Å². The van der Waals surface area contributed by atoms with Crippen molar-refractivity contribution in [3.63, 3.8) is 0 Å². The van der Waals surface area contributed by atoms with Crippen LogP contribution in [-0.2, 0) is 36.7 Å². The number of esters is 1. The lowest BCUT2D eigenvalue weighted by Gasteiger charge is -2.23. The summed E-state index contributed by atoms with van der Waals surface area (Å²) >= 11 is 0. The van der Waals surface area contributed by atoms with Gasteiger partial charge in [0, 0.05) is 84.8 Å². The average Bonchev–Trinajstić information content (AvgIpc) is 3.85. The summed E-state index contributed by atoms with van der Waals surface area (Å²) in [6.45, 7) is 5.48. The van der Waals surface area contributed by atoms with Gasteiger partial charge in [-0.15, -0.1) is 0 Å². The Bertz CT molecular complexity index is 2180. The number of carboxylic acids is 1. The van der Waals surface area contributed by atoms with Crippen LogP contribution in [0.2, 0.25) is 0 Å². The number of amides is 2. The number of rotatable bonds is 15. The summed E-state index contributed by atoms with van der Waals surface area (Å²) in [7, 11) is 2.72. The SMILES string of the molecule is COC(=O)CCCNc1ccc(C)cc1.COC(=O)NCCN(C(=O)CCc1[nH]nc2ncccc12)c1ccc(C)cc1.O=C(O)CCc1[nH]nc2ncccc12. The van der Waals surface area contributed by atoms with Crippen molar-refractivity contribution in [2.75, 3.05) is 44.1 Å². The Balaban J connectivity index is 0.000000209. The molecule has 0 saturated heterocycles. The van der Waals surface area contributed by atoms with Crippen molar-refractivity contribution in [1.82, 2.24) is 35.7 Å². The predicted octanol–water partition coefficient (Wildman–Crippen LogP) is 5.92. The smallest absolute Gasteiger partial charge is 0.406 e. The number of hydrogen-bond acceptors (Lipinski definition) is 11. The normalized spacial score (nSPS) is 10.4. The van der Waals surface area contributed by atoms with E-state index in [-0.39, 0.29) is 18.3 Å². The number of aliphatic carboxylic acids is 1. The number of ether oxygens (including phenoxy) is 2. The predicted molar refractivity (Wildman–Crippen MR) is 217 cm³/mol. The number of pyridine rings is 2. The Morgan fingerprint density at radius 3 is 1.82 bits per heavy atom. The molecule has 0 atom stereocenters. The first-order valence-corrected chi connectivity index (χ1v) is 18.4. The van der Waals surface area contributed by atoms with Gasteiger partial charge in [-0.05, 0) is 75.2 Å². The first-order chi connectivity index (χ1) is 27.6. The number of carbonyl (C=O) groups excluding carboxylic acids is 3. The highest BCUT2D eigenvalue weighted by atomic mass is 16.5. The lowest BCUT2D eigenvalue weighted by atomic mass is 10.1. The van der Waals surface area contributed by atoms with Crippen LogP contribution >= 0.6 is 0 Å². The second-order valence-corrected chi connectivity index (χ2v) is 12.8. The molecule has 0 radical (unpaired) electrons. The number of H-pyrrole nitrogens is 2. The Morgan fingerprint density at radius 2 is 1.28 bits per heavy atom. The third kappa shape index (κ3) is 14.1. The molecule has 0 saturated carbocycles. The highest BCUT2D eigenvalue weighted by Crippen LogP contribution is 2.19. The van der Waals surface area contributed by atoms with Crippen LogP contribution in [0, 0.1) is 13.8 Å². The van der Waals surface area contributed by atoms with E-state index in [0.29, 0.717) is 50.1 Å². The first kappa shape index (κ1) is 42.9. The van der Waals surface area contributed by atoms with Crippen LogP contribution in [0.1, 0.15) is 48.2 Å². The molecule has 4 heterocycles. The maximum atomic E-state index is 12.9. The highest BCUT2D eigenvalue weighted by molar-refractivity contribution is 5.94.